The number of benzene rings is 1. The molecule has 2 heterocycles. The average molecular weight is 279 g/mol. The number of H-pyrrole nitrogens is 1. The molecule has 0 fully saturated rings. The van der Waals surface area contributed by atoms with Crippen molar-refractivity contribution in [3.63, 3.8) is 0 Å². The zero-order chi connectivity index (χ0) is 14.3. The molecular weight excluding hydrogens is 271 g/mol. The normalized spacial score (nSPS) is 11.9. The van der Waals surface area contributed by atoms with Crippen LogP contribution in [-0.2, 0) is 4.79 Å². The molecule has 0 bridgehead atoms. The fourth-order valence-corrected chi connectivity index (χ4v) is 2.01. The molecule has 1 amide bonds. The molecule has 0 saturated carbocycles. The van der Waals surface area contributed by atoms with E-state index in [2.05, 4.69) is 9.97 Å². The third-order valence-electron chi connectivity index (χ3n) is 2.89. The van der Waals surface area contributed by atoms with Crippen molar-refractivity contribution in [1.82, 2.24) is 9.97 Å². The number of halogens is 3. The number of alkyl halides is 3. The number of pyridine rings is 1. The van der Waals surface area contributed by atoms with Gasteiger partial charge in [0.25, 0.3) is 0 Å². The van der Waals surface area contributed by atoms with Crippen LogP contribution in [0.1, 0.15) is 0 Å². The van der Waals surface area contributed by atoms with Gasteiger partial charge in [-0.3, -0.25) is 4.79 Å². The van der Waals surface area contributed by atoms with Crippen LogP contribution in [-0.4, -0.2) is 22.1 Å². The quantitative estimate of drug-likeness (QED) is 0.718. The second-order valence-corrected chi connectivity index (χ2v) is 4.24. The number of nitrogens with one attached hydrogen (secondary N) is 2. The predicted molar refractivity (Wildman–Crippen MR) is 68.3 cm³/mol. The van der Waals surface area contributed by atoms with E-state index >= 15 is 0 Å². The number of carbonyl (C=O) groups excluding carboxylic acids is 1. The fraction of sp³-hybridized carbons (Fsp3) is 0.0769. The van der Waals surface area contributed by atoms with Gasteiger partial charge in [0.1, 0.15) is 5.82 Å². The summed E-state index contributed by atoms with van der Waals surface area (Å²) in [7, 11) is 0. The van der Waals surface area contributed by atoms with E-state index in [1.54, 1.807) is 5.32 Å². The molecule has 0 saturated heterocycles. The molecule has 0 spiro atoms. The Morgan fingerprint density at radius 1 is 1.15 bits per heavy atom. The first-order valence-corrected chi connectivity index (χ1v) is 5.70. The number of aromatic amines is 1. The number of fused-ring (bicyclic) bond motifs is 3. The minimum Gasteiger partial charge on any atom is -0.353 e. The molecule has 2 N–H and O–H groups in total. The van der Waals surface area contributed by atoms with Crippen LogP contribution in [0.15, 0.2) is 36.5 Å². The second-order valence-electron chi connectivity index (χ2n) is 4.24. The highest BCUT2D eigenvalue weighted by Crippen LogP contribution is 2.26. The molecule has 7 heteroatoms. The second kappa shape index (κ2) is 4.22. The number of para-hydroxylation sites is 1. The molecule has 0 aliphatic rings. The van der Waals surface area contributed by atoms with Crippen LogP contribution in [0.4, 0.5) is 19.0 Å². The van der Waals surface area contributed by atoms with Gasteiger partial charge >= 0.3 is 12.1 Å². The summed E-state index contributed by atoms with van der Waals surface area (Å²) in [6.07, 6.45) is -3.54. The number of carbonyl (C=O) groups is 1. The Morgan fingerprint density at radius 2 is 1.90 bits per heavy atom. The van der Waals surface area contributed by atoms with Crippen molar-refractivity contribution in [3.05, 3.63) is 36.5 Å². The van der Waals surface area contributed by atoms with E-state index in [9.17, 15) is 18.0 Å². The van der Waals surface area contributed by atoms with Crippen molar-refractivity contribution in [2.45, 2.75) is 6.18 Å². The van der Waals surface area contributed by atoms with Gasteiger partial charge in [0, 0.05) is 16.3 Å². The maximum atomic E-state index is 12.2. The smallest absolute Gasteiger partial charge is 0.353 e. The van der Waals surface area contributed by atoms with Crippen molar-refractivity contribution >= 4 is 33.5 Å². The van der Waals surface area contributed by atoms with Crippen molar-refractivity contribution in [1.29, 1.82) is 0 Å². The van der Waals surface area contributed by atoms with Gasteiger partial charge in [0.05, 0.1) is 11.7 Å². The Balaban J connectivity index is 2.06. The van der Waals surface area contributed by atoms with Gasteiger partial charge in [0.2, 0.25) is 0 Å². The van der Waals surface area contributed by atoms with E-state index in [-0.39, 0.29) is 5.82 Å². The van der Waals surface area contributed by atoms with Crippen molar-refractivity contribution in [3.8, 4) is 0 Å². The van der Waals surface area contributed by atoms with Crippen LogP contribution in [0.5, 0.6) is 0 Å². The average Bonchev–Trinajstić information content (AvgIpc) is 2.76. The van der Waals surface area contributed by atoms with E-state index in [0.717, 1.165) is 10.9 Å². The Kier molecular flexibility index (Phi) is 2.63. The molecule has 0 unspecified atom stereocenters. The lowest BCUT2D eigenvalue weighted by Gasteiger charge is -2.06. The van der Waals surface area contributed by atoms with E-state index in [4.69, 9.17) is 0 Å². The van der Waals surface area contributed by atoms with E-state index in [0.29, 0.717) is 10.9 Å². The van der Waals surface area contributed by atoms with Gasteiger partial charge in [0.15, 0.2) is 0 Å². The van der Waals surface area contributed by atoms with Gasteiger partial charge in [-0.1, -0.05) is 18.2 Å². The van der Waals surface area contributed by atoms with Crippen LogP contribution in [0.25, 0.3) is 21.8 Å². The summed E-state index contributed by atoms with van der Waals surface area (Å²) in [6.45, 7) is 0. The minimum atomic E-state index is -4.93. The highest BCUT2D eigenvalue weighted by Gasteiger charge is 2.38. The van der Waals surface area contributed by atoms with Crippen molar-refractivity contribution in [2.75, 3.05) is 5.32 Å². The van der Waals surface area contributed by atoms with Crippen LogP contribution in [0, 0.1) is 0 Å². The summed E-state index contributed by atoms with van der Waals surface area (Å²) in [4.78, 5) is 17.8. The third kappa shape index (κ3) is 2.07. The molecule has 3 rings (SSSR count). The lowest BCUT2D eigenvalue weighted by Crippen LogP contribution is -2.30. The third-order valence-corrected chi connectivity index (χ3v) is 2.89. The summed E-state index contributed by atoms with van der Waals surface area (Å²) < 4.78 is 36.6. The van der Waals surface area contributed by atoms with Crippen LogP contribution in [0.2, 0.25) is 0 Å². The molecule has 20 heavy (non-hydrogen) atoms. The number of nitrogens with zero attached hydrogens (tertiary/aromatic N) is 1. The minimum absolute atomic E-state index is 0.135. The highest BCUT2D eigenvalue weighted by atomic mass is 19.4. The zero-order valence-electron chi connectivity index (χ0n) is 9.95. The maximum absolute atomic E-state index is 12.2. The highest BCUT2D eigenvalue weighted by molar-refractivity contribution is 6.08. The largest absolute Gasteiger partial charge is 0.471 e. The Labute approximate surface area is 110 Å². The van der Waals surface area contributed by atoms with E-state index in [1.807, 2.05) is 24.3 Å². The molecule has 2 aromatic heterocycles. The summed E-state index contributed by atoms with van der Waals surface area (Å²) in [6, 6.07) is 8.77. The number of rotatable bonds is 1. The summed E-state index contributed by atoms with van der Waals surface area (Å²) >= 11 is 0. The van der Waals surface area contributed by atoms with Crippen molar-refractivity contribution in [2.24, 2.45) is 0 Å². The lowest BCUT2D eigenvalue weighted by molar-refractivity contribution is -0.167. The summed E-state index contributed by atoms with van der Waals surface area (Å²) in [5, 5.41) is 3.30. The maximum Gasteiger partial charge on any atom is 0.471 e. The first kappa shape index (κ1) is 12.5. The summed E-state index contributed by atoms with van der Waals surface area (Å²) in [5.74, 6) is -2.17. The van der Waals surface area contributed by atoms with Crippen molar-refractivity contribution < 1.29 is 18.0 Å². The van der Waals surface area contributed by atoms with Gasteiger partial charge in [-0.15, -0.1) is 0 Å². The van der Waals surface area contributed by atoms with Gasteiger partial charge in [-0.25, -0.2) is 4.98 Å². The summed E-state index contributed by atoms with van der Waals surface area (Å²) in [5.41, 5.74) is 1.54. The molecule has 0 aliphatic carbocycles. The SMILES string of the molecule is O=C(Nc1cc2c(cn1)[nH]c1ccccc12)C(F)(F)F. The Morgan fingerprint density at radius 3 is 2.65 bits per heavy atom. The number of amides is 1. The predicted octanol–water partition coefficient (Wildman–Crippen LogP) is 3.22. The molecule has 0 atom stereocenters. The first-order valence-electron chi connectivity index (χ1n) is 5.70. The zero-order valence-corrected chi connectivity index (χ0v) is 9.95. The monoisotopic (exact) mass is 279 g/mol. The molecular formula is C13H8F3N3O. The fourth-order valence-electron chi connectivity index (χ4n) is 2.01. The number of hydrogen-bond donors (Lipinski definition) is 2. The first-order chi connectivity index (χ1) is 9.45. The van der Waals surface area contributed by atoms with Crippen LogP contribution < -0.4 is 5.32 Å². The Hall–Kier alpha value is -2.57. The lowest BCUT2D eigenvalue weighted by atomic mass is 10.2. The molecule has 1 aromatic carbocycles. The standard InChI is InChI=1S/C13H8F3N3O/c14-13(15,16)12(20)19-11-5-8-7-3-1-2-4-9(7)18-10(8)6-17-11/h1-6,18H,(H,17,19,20). The number of hydrogen-bond acceptors (Lipinski definition) is 2. The molecule has 102 valence electrons. The van der Waals surface area contributed by atoms with Gasteiger partial charge in [-0.05, 0) is 12.1 Å². The van der Waals surface area contributed by atoms with E-state index in [1.165, 1.54) is 12.3 Å². The molecule has 4 nitrogen and oxygen atoms in total. The Bertz CT molecular complexity index is 807. The molecule has 0 radical (unpaired) electrons. The van der Waals surface area contributed by atoms with Crippen LogP contribution >= 0.6 is 0 Å². The molecule has 3 aromatic rings. The van der Waals surface area contributed by atoms with Crippen LogP contribution in [0.3, 0.4) is 0 Å². The topological polar surface area (TPSA) is 57.8 Å². The number of aromatic nitrogens is 2. The molecule has 0 aliphatic heterocycles. The number of anilines is 1. The van der Waals surface area contributed by atoms with Gasteiger partial charge < -0.3 is 10.3 Å². The van der Waals surface area contributed by atoms with E-state index < -0.39 is 12.1 Å². The van der Waals surface area contributed by atoms with Gasteiger partial charge in [-0.2, -0.15) is 13.2 Å².